The molecule has 0 spiro atoms. The molecule has 1 saturated heterocycles. The second kappa shape index (κ2) is 7.52. The lowest BCUT2D eigenvalue weighted by Crippen LogP contribution is -2.37. The van der Waals surface area contributed by atoms with E-state index in [1.807, 2.05) is 25.1 Å². The molecule has 1 fully saturated rings. The van der Waals surface area contributed by atoms with Gasteiger partial charge in [0, 0.05) is 6.42 Å². The van der Waals surface area contributed by atoms with E-state index >= 15 is 0 Å². The number of aryl methyl sites for hydroxylation is 1. The molecule has 0 N–H and O–H groups in total. The molecule has 2 unspecified atom stereocenters. The molecule has 0 saturated carbocycles. The predicted molar refractivity (Wildman–Crippen MR) is 103 cm³/mol. The van der Waals surface area contributed by atoms with Gasteiger partial charge in [0.25, 0.3) is 5.91 Å². The van der Waals surface area contributed by atoms with E-state index < -0.39 is 0 Å². The molecule has 4 rings (SSSR count). The van der Waals surface area contributed by atoms with Crippen LogP contribution in [0.3, 0.4) is 0 Å². The zero-order valence-corrected chi connectivity index (χ0v) is 16.7. The number of aromatic nitrogens is 3. The molecule has 1 aromatic carbocycles. The smallest absolute Gasteiger partial charge is 0.264 e. The first kappa shape index (κ1) is 18.3. The van der Waals surface area contributed by atoms with Crippen molar-refractivity contribution in [3.05, 3.63) is 29.6 Å². The number of thioether (sulfide) groups is 1. The summed E-state index contributed by atoms with van der Waals surface area (Å²) in [5.74, 6) is 2.09. The average molecular weight is 388 g/mol. The maximum absolute atomic E-state index is 13.1. The Balaban J connectivity index is 1.70. The molecule has 2 atom stereocenters. The molecule has 27 heavy (non-hydrogen) atoms. The topological polar surface area (TPSA) is 69.5 Å². The number of rotatable bonds is 6. The summed E-state index contributed by atoms with van der Waals surface area (Å²) < 4.78 is 12.3. The van der Waals surface area contributed by atoms with Crippen LogP contribution >= 0.6 is 11.8 Å². The number of benzene rings is 1. The zero-order valence-electron chi connectivity index (χ0n) is 15.8. The Kier molecular flexibility index (Phi) is 5.10. The largest absolute Gasteiger partial charge is 0.493 e. The van der Waals surface area contributed by atoms with Crippen LogP contribution in [-0.4, -0.2) is 58.1 Å². The molecule has 2 aromatic rings. The molecule has 3 heterocycles. The van der Waals surface area contributed by atoms with Gasteiger partial charge in [-0.2, -0.15) is 4.68 Å². The normalized spacial score (nSPS) is 20.7. The molecule has 7 nitrogen and oxygen atoms in total. The second-order valence-corrected chi connectivity index (χ2v) is 7.86. The van der Waals surface area contributed by atoms with Gasteiger partial charge in [-0.05, 0) is 43.6 Å². The highest BCUT2D eigenvalue weighted by Crippen LogP contribution is 2.43. The summed E-state index contributed by atoms with van der Waals surface area (Å²) in [4.78, 5) is 20.0. The number of hydrogen-bond acceptors (Lipinski definition) is 7. The van der Waals surface area contributed by atoms with Crippen LogP contribution in [0.15, 0.2) is 23.4 Å². The second-order valence-electron chi connectivity index (χ2n) is 6.75. The predicted octanol–water partition coefficient (Wildman–Crippen LogP) is 2.81. The Bertz CT molecular complexity index is 847. The number of hydrogen-bond donors (Lipinski definition) is 0. The molecule has 0 amide bonds. The van der Waals surface area contributed by atoms with Crippen molar-refractivity contribution in [2.24, 2.45) is 0 Å². The van der Waals surface area contributed by atoms with Crippen LogP contribution in [0.4, 0.5) is 0 Å². The fraction of sp³-hybridized carbons (Fsp3) is 0.526. The van der Waals surface area contributed by atoms with E-state index in [-0.39, 0.29) is 17.2 Å². The van der Waals surface area contributed by atoms with Crippen molar-refractivity contribution in [2.45, 2.75) is 42.6 Å². The van der Waals surface area contributed by atoms with Gasteiger partial charge in [-0.3, -0.25) is 9.69 Å². The van der Waals surface area contributed by atoms with Crippen LogP contribution in [0, 0.1) is 0 Å². The van der Waals surface area contributed by atoms with E-state index in [1.54, 1.807) is 14.2 Å². The number of carbonyl (C=O) groups excluding carboxylic acids is 1. The van der Waals surface area contributed by atoms with Gasteiger partial charge in [0.15, 0.2) is 22.5 Å². The van der Waals surface area contributed by atoms with E-state index in [4.69, 9.17) is 9.47 Å². The molecule has 0 aliphatic carbocycles. The highest BCUT2D eigenvalue weighted by Gasteiger charge is 2.43. The van der Waals surface area contributed by atoms with Crippen molar-refractivity contribution in [1.29, 1.82) is 0 Å². The van der Waals surface area contributed by atoms with E-state index in [0.717, 1.165) is 37.9 Å². The van der Waals surface area contributed by atoms with E-state index in [9.17, 15) is 4.79 Å². The van der Waals surface area contributed by atoms with Crippen molar-refractivity contribution >= 4 is 17.7 Å². The van der Waals surface area contributed by atoms with Crippen LogP contribution in [0.2, 0.25) is 0 Å². The SMILES string of the molecule is CCc1nc2n(n1)C(=O)C(C(c1ccc(OC)c(OC)c1)N1CCCC1)S2. The summed E-state index contributed by atoms with van der Waals surface area (Å²) in [6.45, 7) is 3.97. The number of nitrogens with zero attached hydrogens (tertiary/aromatic N) is 4. The highest BCUT2D eigenvalue weighted by atomic mass is 32.2. The molecule has 0 bridgehead atoms. The maximum Gasteiger partial charge on any atom is 0.264 e. The van der Waals surface area contributed by atoms with Crippen molar-refractivity contribution in [2.75, 3.05) is 27.3 Å². The molecule has 8 heteroatoms. The molecule has 2 aliphatic heterocycles. The van der Waals surface area contributed by atoms with Gasteiger partial charge in [-0.15, -0.1) is 5.10 Å². The van der Waals surface area contributed by atoms with Crippen LogP contribution in [0.5, 0.6) is 11.5 Å². The standard InChI is InChI=1S/C19H24N4O3S/c1-4-15-20-19-23(21-15)18(24)17(27-19)16(22-9-5-6-10-22)12-7-8-13(25-2)14(11-12)26-3/h7-8,11,16-17H,4-6,9-10H2,1-3H3. The lowest BCUT2D eigenvalue weighted by atomic mass is 10.0. The summed E-state index contributed by atoms with van der Waals surface area (Å²) in [5, 5.41) is 4.81. The van der Waals surface area contributed by atoms with E-state index in [2.05, 4.69) is 15.0 Å². The molecule has 2 aliphatic rings. The number of ether oxygens (including phenoxy) is 2. The van der Waals surface area contributed by atoms with Gasteiger partial charge in [-0.25, -0.2) is 4.98 Å². The summed E-state index contributed by atoms with van der Waals surface area (Å²) in [6.07, 6.45) is 3.03. The zero-order chi connectivity index (χ0) is 19.0. The first-order chi connectivity index (χ1) is 13.2. The van der Waals surface area contributed by atoms with Crippen molar-refractivity contribution in [3.63, 3.8) is 0 Å². The fourth-order valence-corrected chi connectivity index (χ4v) is 5.10. The summed E-state index contributed by atoms with van der Waals surface area (Å²) in [7, 11) is 3.26. The summed E-state index contributed by atoms with van der Waals surface area (Å²) >= 11 is 1.52. The Morgan fingerprint density at radius 2 is 1.96 bits per heavy atom. The minimum absolute atomic E-state index is 0.00823. The minimum Gasteiger partial charge on any atom is -0.493 e. The Hall–Kier alpha value is -2.06. The fourth-order valence-electron chi connectivity index (χ4n) is 3.83. The number of likely N-dealkylation sites (tertiary alicyclic amines) is 1. The highest BCUT2D eigenvalue weighted by molar-refractivity contribution is 8.00. The van der Waals surface area contributed by atoms with Crippen LogP contribution in [-0.2, 0) is 6.42 Å². The molecular formula is C19H24N4O3S. The monoisotopic (exact) mass is 388 g/mol. The third-order valence-electron chi connectivity index (χ3n) is 5.19. The van der Waals surface area contributed by atoms with Crippen LogP contribution in [0.1, 0.15) is 42.0 Å². The molecule has 0 radical (unpaired) electrons. The summed E-state index contributed by atoms with van der Waals surface area (Å²) in [5.41, 5.74) is 1.06. The van der Waals surface area contributed by atoms with Gasteiger partial charge in [0.2, 0.25) is 0 Å². The van der Waals surface area contributed by atoms with Gasteiger partial charge in [-0.1, -0.05) is 24.8 Å². The molecule has 1 aromatic heterocycles. The first-order valence-corrected chi connectivity index (χ1v) is 10.2. The molecular weight excluding hydrogens is 364 g/mol. The van der Waals surface area contributed by atoms with Gasteiger partial charge in [0.1, 0.15) is 5.25 Å². The van der Waals surface area contributed by atoms with Gasteiger partial charge < -0.3 is 9.47 Å². The van der Waals surface area contributed by atoms with Gasteiger partial charge >= 0.3 is 0 Å². The Morgan fingerprint density at radius 3 is 2.59 bits per heavy atom. The van der Waals surface area contributed by atoms with Crippen molar-refractivity contribution in [3.8, 4) is 11.5 Å². The van der Waals surface area contributed by atoms with Gasteiger partial charge in [0.05, 0.1) is 20.3 Å². The lowest BCUT2D eigenvalue weighted by molar-refractivity contribution is 0.0847. The lowest BCUT2D eigenvalue weighted by Gasteiger charge is -2.31. The molecule has 144 valence electrons. The number of methoxy groups -OCH3 is 2. The Labute approximate surface area is 163 Å². The van der Waals surface area contributed by atoms with Crippen molar-refractivity contribution in [1.82, 2.24) is 19.7 Å². The van der Waals surface area contributed by atoms with Crippen LogP contribution < -0.4 is 9.47 Å². The summed E-state index contributed by atoms with van der Waals surface area (Å²) in [6, 6.07) is 5.89. The van der Waals surface area contributed by atoms with Crippen LogP contribution in [0.25, 0.3) is 0 Å². The minimum atomic E-state index is -0.262. The van der Waals surface area contributed by atoms with E-state index in [1.165, 1.54) is 16.4 Å². The number of carbonyl (C=O) groups is 1. The number of fused-ring (bicyclic) bond motifs is 1. The maximum atomic E-state index is 13.1. The third kappa shape index (κ3) is 3.21. The first-order valence-electron chi connectivity index (χ1n) is 9.29. The van der Waals surface area contributed by atoms with E-state index in [0.29, 0.717) is 22.5 Å². The quantitative estimate of drug-likeness (QED) is 0.754. The Morgan fingerprint density at radius 1 is 1.22 bits per heavy atom. The van der Waals surface area contributed by atoms with Crippen molar-refractivity contribution < 1.29 is 14.3 Å². The average Bonchev–Trinajstić information content (AvgIpc) is 3.41. The third-order valence-corrected chi connectivity index (χ3v) is 6.38.